The van der Waals surface area contributed by atoms with Crippen molar-refractivity contribution in [2.24, 2.45) is 0 Å². The van der Waals surface area contributed by atoms with E-state index in [1.54, 1.807) is 19.1 Å². The molecule has 0 saturated heterocycles. The van der Waals surface area contributed by atoms with Crippen molar-refractivity contribution in [3.8, 4) is 5.75 Å². The number of nitrogens with zero attached hydrogens (tertiary/aromatic N) is 1. The van der Waals surface area contributed by atoms with E-state index >= 15 is 0 Å². The molecule has 2 rings (SSSR count). The Labute approximate surface area is 99.2 Å². The standard InChI is InChI=1S/C10H8ClNO3S/c1-5-2-3-6-7(11)4-8(16(14)15)10(13)9(6)12-5/h2-4,13H,1H3,(H,14,15)/p-1. The van der Waals surface area contributed by atoms with Crippen LogP contribution in [-0.2, 0) is 11.1 Å². The monoisotopic (exact) mass is 256 g/mol. The lowest BCUT2D eigenvalue weighted by atomic mass is 10.2. The Balaban J connectivity index is 2.91. The molecule has 84 valence electrons. The zero-order valence-corrected chi connectivity index (χ0v) is 9.80. The van der Waals surface area contributed by atoms with Gasteiger partial charge in [-0.05, 0) is 36.2 Å². The average molecular weight is 257 g/mol. The van der Waals surface area contributed by atoms with Crippen molar-refractivity contribution in [3.63, 3.8) is 0 Å². The van der Waals surface area contributed by atoms with Crippen LogP contribution in [0.25, 0.3) is 10.9 Å². The average Bonchev–Trinajstić information content (AvgIpc) is 2.22. The van der Waals surface area contributed by atoms with Gasteiger partial charge in [-0.1, -0.05) is 11.6 Å². The SMILES string of the molecule is Cc1ccc2c(Cl)cc(S(=O)[O-])c(O)c2n1. The minimum Gasteiger partial charge on any atom is -0.768 e. The van der Waals surface area contributed by atoms with Crippen LogP contribution in [-0.4, -0.2) is 18.9 Å². The summed E-state index contributed by atoms with van der Waals surface area (Å²) in [7, 11) is 0. The molecule has 1 atom stereocenters. The Kier molecular flexibility index (Phi) is 2.84. The minimum absolute atomic E-state index is 0.201. The van der Waals surface area contributed by atoms with Crippen molar-refractivity contribution in [2.45, 2.75) is 11.8 Å². The van der Waals surface area contributed by atoms with Crippen molar-refractivity contribution in [1.29, 1.82) is 0 Å². The number of rotatable bonds is 1. The lowest BCUT2D eigenvalue weighted by Crippen LogP contribution is -1.93. The number of halogens is 1. The third-order valence-electron chi connectivity index (χ3n) is 2.19. The van der Waals surface area contributed by atoms with Gasteiger partial charge in [0.25, 0.3) is 0 Å². The van der Waals surface area contributed by atoms with Crippen molar-refractivity contribution in [3.05, 3.63) is 28.9 Å². The van der Waals surface area contributed by atoms with Gasteiger partial charge in [0.05, 0.1) is 9.92 Å². The first-order chi connectivity index (χ1) is 7.50. The van der Waals surface area contributed by atoms with Crippen LogP contribution in [0.2, 0.25) is 5.02 Å². The molecule has 0 amide bonds. The summed E-state index contributed by atoms with van der Waals surface area (Å²) in [6.07, 6.45) is 0. The Hall–Kier alpha value is -1.17. The molecule has 1 aromatic heterocycles. The number of hydrogen-bond donors (Lipinski definition) is 1. The highest BCUT2D eigenvalue weighted by molar-refractivity contribution is 7.79. The van der Waals surface area contributed by atoms with Crippen LogP contribution in [0, 0.1) is 6.92 Å². The summed E-state index contributed by atoms with van der Waals surface area (Å²) in [5.74, 6) is -0.364. The molecule has 0 spiro atoms. The van der Waals surface area contributed by atoms with Gasteiger partial charge >= 0.3 is 0 Å². The molecule has 2 aromatic rings. The van der Waals surface area contributed by atoms with Gasteiger partial charge in [0.1, 0.15) is 5.52 Å². The molecular formula is C10H7ClNO3S-. The number of fused-ring (bicyclic) bond motifs is 1. The molecule has 1 N–H and O–H groups in total. The van der Waals surface area contributed by atoms with Crippen LogP contribution in [0.3, 0.4) is 0 Å². The molecule has 0 aliphatic rings. The van der Waals surface area contributed by atoms with E-state index in [9.17, 15) is 13.9 Å². The van der Waals surface area contributed by atoms with E-state index in [-0.39, 0.29) is 21.2 Å². The number of hydrogen-bond acceptors (Lipinski definition) is 4. The van der Waals surface area contributed by atoms with Gasteiger partial charge in [-0.15, -0.1) is 0 Å². The summed E-state index contributed by atoms with van der Waals surface area (Å²) < 4.78 is 21.7. The van der Waals surface area contributed by atoms with E-state index in [4.69, 9.17) is 11.6 Å². The van der Waals surface area contributed by atoms with Crippen LogP contribution < -0.4 is 0 Å². The zero-order chi connectivity index (χ0) is 11.9. The molecule has 6 heteroatoms. The maximum absolute atomic E-state index is 10.9. The zero-order valence-electron chi connectivity index (χ0n) is 8.23. The smallest absolute Gasteiger partial charge is 0.156 e. The molecule has 0 aliphatic carbocycles. The molecular weight excluding hydrogens is 250 g/mol. The lowest BCUT2D eigenvalue weighted by molar-refractivity contribution is 0.460. The summed E-state index contributed by atoms with van der Waals surface area (Å²) in [4.78, 5) is 3.83. The van der Waals surface area contributed by atoms with Gasteiger partial charge in [0.2, 0.25) is 0 Å². The van der Waals surface area contributed by atoms with E-state index in [1.807, 2.05) is 0 Å². The third-order valence-corrected chi connectivity index (χ3v) is 3.17. The molecule has 0 fully saturated rings. The first-order valence-corrected chi connectivity index (χ1v) is 5.84. The van der Waals surface area contributed by atoms with Crippen LogP contribution in [0.15, 0.2) is 23.1 Å². The largest absolute Gasteiger partial charge is 0.768 e. The van der Waals surface area contributed by atoms with Crippen LogP contribution in [0.1, 0.15) is 5.69 Å². The summed E-state index contributed by atoms with van der Waals surface area (Å²) in [5, 5.41) is 10.5. The van der Waals surface area contributed by atoms with E-state index < -0.39 is 11.1 Å². The first kappa shape index (κ1) is 11.3. The van der Waals surface area contributed by atoms with Crippen molar-refractivity contribution in [2.75, 3.05) is 0 Å². The number of aryl methyl sites for hydroxylation is 1. The number of aromatic nitrogens is 1. The molecule has 1 unspecified atom stereocenters. The van der Waals surface area contributed by atoms with Gasteiger partial charge in [-0.25, -0.2) is 4.98 Å². The third kappa shape index (κ3) is 1.77. The number of phenols is 1. The Bertz CT molecular complexity index is 600. The summed E-state index contributed by atoms with van der Waals surface area (Å²) in [6, 6.07) is 4.64. The molecule has 1 heterocycles. The van der Waals surface area contributed by atoms with E-state index in [0.717, 1.165) is 0 Å². The predicted molar refractivity (Wildman–Crippen MR) is 60.3 cm³/mol. The van der Waals surface area contributed by atoms with Crippen molar-refractivity contribution < 1.29 is 13.9 Å². The topological polar surface area (TPSA) is 73.2 Å². The van der Waals surface area contributed by atoms with Crippen LogP contribution >= 0.6 is 11.6 Å². The normalized spacial score (nSPS) is 12.9. The fourth-order valence-electron chi connectivity index (χ4n) is 1.43. The summed E-state index contributed by atoms with van der Waals surface area (Å²) in [5.41, 5.74) is 0.874. The van der Waals surface area contributed by atoms with Gasteiger partial charge in [-0.3, -0.25) is 4.21 Å². The first-order valence-electron chi connectivity index (χ1n) is 4.39. The Morgan fingerprint density at radius 3 is 2.81 bits per heavy atom. The maximum Gasteiger partial charge on any atom is 0.156 e. The van der Waals surface area contributed by atoms with Crippen LogP contribution in [0.5, 0.6) is 5.75 Å². The maximum atomic E-state index is 10.9. The molecule has 16 heavy (non-hydrogen) atoms. The quantitative estimate of drug-likeness (QED) is 0.794. The van der Waals surface area contributed by atoms with Gasteiger partial charge < -0.3 is 9.66 Å². The number of benzene rings is 1. The number of phenolic OH excluding ortho intramolecular Hbond substituents is 1. The number of pyridine rings is 1. The van der Waals surface area contributed by atoms with Gasteiger partial charge in [-0.2, -0.15) is 0 Å². The van der Waals surface area contributed by atoms with Gasteiger partial charge in [0, 0.05) is 11.1 Å². The van der Waals surface area contributed by atoms with E-state index in [1.165, 1.54) is 6.07 Å². The number of aromatic hydroxyl groups is 1. The highest BCUT2D eigenvalue weighted by Crippen LogP contribution is 2.34. The fourth-order valence-corrected chi connectivity index (χ4v) is 2.23. The summed E-state index contributed by atoms with van der Waals surface area (Å²) in [6.45, 7) is 1.74. The molecule has 0 aliphatic heterocycles. The predicted octanol–water partition coefficient (Wildman–Crippen LogP) is 2.14. The Morgan fingerprint density at radius 1 is 1.50 bits per heavy atom. The molecule has 4 nitrogen and oxygen atoms in total. The second-order valence-electron chi connectivity index (χ2n) is 3.29. The Morgan fingerprint density at radius 2 is 2.19 bits per heavy atom. The fraction of sp³-hybridized carbons (Fsp3) is 0.100. The molecule has 0 bridgehead atoms. The summed E-state index contributed by atoms with van der Waals surface area (Å²) >= 11 is 3.37. The second kappa shape index (κ2) is 4.01. The molecule has 1 aromatic carbocycles. The highest BCUT2D eigenvalue weighted by Gasteiger charge is 2.12. The van der Waals surface area contributed by atoms with Crippen molar-refractivity contribution >= 4 is 33.6 Å². The molecule has 0 radical (unpaired) electrons. The lowest BCUT2D eigenvalue weighted by Gasteiger charge is -2.11. The highest BCUT2D eigenvalue weighted by atomic mass is 35.5. The van der Waals surface area contributed by atoms with Crippen LogP contribution in [0.4, 0.5) is 0 Å². The molecule has 0 saturated carbocycles. The van der Waals surface area contributed by atoms with E-state index in [2.05, 4.69) is 4.98 Å². The van der Waals surface area contributed by atoms with E-state index in [0.29, 0.717) is 11.1 Å². The second-order valence-corrected chi connectivity index (χ2v) is 4.61. The van der Waals surface area contributed by atoms with Gasteiger partial charge in [0.15, 0.2) is 5.75 Å². The minimum atomic E-state index is -2.54. The van der Waals surface area contributed by atoms with Crippen molar-refractivity contribution in [1.82, 2.24) is 4.98 Å².